The van der Waals surface area contributed by atoms with Crippen molar-refractivity contribution in [3.63, 3.8) is 0 Å². The normalized spacial score (nSPS) is 11.8. The average molecular weight is 265 g/mol. The first kappa shape index (κ1) is 15.7. The molecule has 19 heavy (non-hydrogen) atoms. The van der Waals surface area contributed by atoms with Crippen molar-refractivity contribution in [2.45, 2.75) is 33.7 Å². The zero-order valence-electron chi connectivity index (χ0n) is 13.0. The molecule has 0 aliphatic carbocycles. The fourth-order valence-electron chi connectivity index (χ4n) is 1.79. The van der Waals surface area contributed by atoms with Crippen LogP contribution in [0, 0.1) is 5.41 Å². The summed E-state index contributed by atoms with van der Waals surface area (Å²) in [4.78, 5) is 12.9. The van der Waals surface area contributed by atoms with Gasteiger partial charge in [-0.15, -0.1) is 0 Å². The summed E-state index contributed by atoms with van der Waals surface area (Å²) in [7, 11) is 4.08. The molecule has 0 saturated carbocycles. The van der Waals surface area contributed by atoms with Gasteiger partial charge in [-0.25, -0.2) is 9.97 Å². The minimum absolute atomic E-state index is 0.0732. The minimum Gasteiger partial charge on any atom is -0.359 e. The highest BCUT2D eigenvalue weighted by atomic mass is 15.2. The Labute approximate surface area is 116 Å². The van der Waals surface area contributed by atoms with Gasteiger partial charge in [0.2, 0.25) is 0 Å². The highest BCUT2D eigenvalue weighted by molar-refractivity contribution is 5.49. The van der Waals surface area contributed by atoms with E-state index in [0.717, 1.165) is 18.2 Å². The molecule has 0 bridgehead atoms. The zero-order chi connectivity index (χ0) is 14.6. The molecule has 5 nitrogen and oxygen atoms in total. The van der Waals surface area contributed by atoms with E-state index in [4.69, 9.17) is 5.73 Å². The SMILES string of the molecule is CC(C)N(C)c1cc(N(C)CC(C)(C)CN)ncn1. The van der Waals surface area contributed by atoms with Crippen LogP contribution >= 0.6 is 0 Å². The minimum atomic E-state index is 0.0732. The number of hydrogen-bond donors (Lipinski definition) is 1. The van der Waals surface area contributed by atoms with Crippen molar-refractivity contribution in [3.8, 4) is 0 Å². The summed E-state index contributed by atoms with van der Waals surface area (Å²) in [6, 6.07) is 2.43. The first-order valence-electron chi connectivity index (χ1n) is 6.73. The van der Waals surface area contributed by atoms with E-state index in [-0.39, 0.29) is 5.41 Å². The lowest BCUT2D eigenvalue weighted by molar-refractivity contribution is 0.384. The summed E-state index contributed by atoms with van der Waals surface area (Å²) in [6.45, 7) is 10.1. The molecule has 5 heteroatoms. The smallest absolute Gasteiger partial charge is 0.134 e. The van der Waals surface area contributed by atoms with Gasteiger partial charge in [-0.2, -0.15) is 0 Å². The van der Waals surface area contributed by atoms with Gasteiger partial charge in [-0.05, 0) is 25.8 Å². The Morgan fingerprint density at radius 1 is 1.21 bits per heavy atom. The lowest BCUT2D eigenvalue weighted by atomic mass is 9.93. The Kier molecular flexibility index (Phi) is 5.11. The number of nitrogens with zero attached hydrogens (tertiary/aromatic N) is 4. The van der Waals surface area contributed by atoms with Gasteiger partial charge in [0.25, 0.3) is 0 Å². The van der Waals surface area contributed by atoms with Crippen LogP contribution in [-0.4, -0.2) is 43.2 Å². The predicted molar refractivity (Wildman–Crippen MR) is 81.7 cm³/mol. The molecule has 0 saturated heterocycles. The van der Waals surface area contributed by atoms with E-state index in [2.05, 4.69) is 47.5 Å². The molecule has 0 amide bonds. The van der Waals surface area contributed by atoms with E-state index < -0.39 is 0 Å². The molecule has 0 spiro atoms. The van der Waals surface area contributed by atoms with Gasteiger partial charge in [-0.1, -0.05) is 13.8 Å². The number of hydrogen-bond acceptors (Lipinski definition) is 5. The maximum atomic E-state index is 5.78. The molecule has 0 aromatic carbocycles. The van der Waals surface area contributed by atoms with Crippen LogP contribution in [0.2, 0.25) is 0 Å². The van der Waals surface area contributed by atoms with Crippen molar-refractivity contribution >= 4 is 11.6 Å². The molecule has 0 atom stereocenters. The molecule has 1 heterocycles. The maximum absolute atomic E-state index is 5.78. The third-order valence-corrected chi connectivity index (χ3v) is 3.38. The summed E-state index contributed by atoms with van der Waals surface area (Å²) in [5.74, 6) is 1.87. The zero-order valence-corrected chi connectivity index (χ0v) is 13.0. The lowest BCUT2D eigenvalue weighted by Gasteiger charge is -2.30. The molecule has 0 unspecified atom stereocenters. The molecule has 2 N–H and O–H groups in total. The molecule has 1 rings (SSSR count). The Bertz CT molecular complexity index is 403. The average Bonchev–Trinajstić information content (AvgIpc) is 2.37. The largest absolute Gasteiger partial charge is 0.359 e. The molecule has 0 fully saturated rings. The van der Waals surface area contributed by atoms with Crippen molar-refractivity contribution in [2.24, 2.45) is 11.1 Å². The van der Waals surface area contributed by atoms with Crippen LogP contribution in [0.3, 0.4) is 0 Å². The monoisotopic (exact) mass is 265 g/mol. The third kappa shape index (κ3) is 4.35. The Balaban J connectivity index is 2.87. The molecular formula is C14H27N5. The molecule has 108 valence electrons. The predicted octanol–water partition coefficient (Wildman–Crippen LogP) is 1.74. The van der Waals surface area contributed by atoms with Crippen molar-refractivity contribution in [1.29, 1.82) is 0 Å². The second-order valence-corrected chi connectivity index (χ2v) is 6.16. The molecule has 0 radical (unpaired) electrons. The standard InChI is InChI=1S/C14H27N5/c1-11(2)19(6)13-7-12(16-10-17-13)18(5)9-14(3,4)8-15/h7,10-11H,8-9,15H2,1-6H3. The highest BCUT2D eigenvalue weighted by Gasteiger charge is 2.19. The van der Waals surface area contributed by atoms with Crippen LogP contribution in [0.5, 0.6) is 0 Å². The first-order chi connectivity index (χ1) is 8.76. The van der Waals surface area contributed by atoms with Gasteiger partial charge in [0, 0.05) is 32.7 Å². The second-order valence-electron chi connectivity index (χ2n) is 6.16. The van der Waals surface area contributed by atoms with E-state index in [1.54, 1.807) is 6.33 Å². The van der Waals surface area contributed by atoms with E-state index in [9.17, 15) is 0 Å². The summed E-state index contributed by atoms with van der Waals surface area (Å²) < 4.78 is 0. The molecule has 1 aromatic rings. The van der Waals surface area contributed by atoms with Crippen molar-refractivity contribution < 1.29 is 0 Å². The second kappa shape index (κ2) is 6.19. The van der Waals surface area contributed by atoms with Crippen molar-refractivity contribution in [1.82, 2.24) is 9.97 Å². The van der Waals surface area contributed by atoms with Gasteiger partial charge in [0.15, 0.2) is 0 Å². The van der Waals surface area contributed by atoms with Crippen LogP contribution in [0.15, 0.2) is 12.4 Å². The van der Waals surface area contributed by atoms with Crippen LogP contribution in [-0.2, 0) is 0 Å². The fourth-order valence-corrected chi connectivity index (χ4v) is 1.79. The van der Waals surface area contributed by atoms with Gasteiger partial charge >= 0.3 is 0 Å². The van der Waals surface area contributed by atoms with Gasteiger partial charge in [0.05, 0.1) is 0 Å². The summed E-state index contributed by atoms with van der Waals surface area (Å²) in [6.07, 6.45) is 1.62. The number of rotatable bonds is 6. The van der Waals surface area contributed by atoms with Gasteiger partial charge in [-0.3, -0.25) is 0 Å². The number of aromatic nitrogens is 2. The van der Waals surface area contributed by atoms with E-state index >= 15 is 0 Å². The Morgan fingerprint density at radius 3 is 2.32 bits per heavy atom. The van der Waals surface area contributed by atoms with Crippen LogP contribution in [0.1, 0.15) is 27.7 Å². The van der Waals surface area contributed by atoms with E-state index in [0.29, 0.717) is 12.6 Å². The topological polar surface area (TPSA) is 58.3 Å². The number of anilines is 2. The quantitative estimate of drug-likeness (QED) is 0.849. The lowest BCUT2D eigenvalue weighted by Crippen LogP contribution is -2.37. The fraction of sp³-hybridized carbons (Fsp3) is 0.714. The van der Waals surface area contributed by atoms with Gasteiger partial charge in [0.1, 0.15) is 18.0 Å². The Morgan fingerprint density at radius 2 is 1.79 bits per heavy atom. The van der Waals surface area contributed by atoms with Crippen molar-refractivity contribution in [2.75, 3.05) is 37.0 Å². The number of nitrogens with two attached hydrogens (primary N) is 1. The third-order valence-electron chi connectivity index (χ3n) is 3.38. The highest BCUT2D eigenvalue weighted by Crippen LogP contribution is 2.21. The summed E-state index contributed by atoms with van der Waals surface area (Å²) in [5.41, 5.74) is 5.86. The molecule has 0 aliphatic heterocycles. The maximum Gasteiger partial charge on any atom is 0.134 e. The van der Waals surface area contributed by atoms with Gasteiger partial charge < -0.3 is 15.5 Å². The first-order valence-corrected chi connectivity index (χ1v) is 6.73. The summed E-state index contributed by atoms with van der Waals surface area (Å²) >= 11 is 0. The van der Waals surface area contributed by atoms with E-state index in [1.807, 2.05) is 20.2 Å². The molecule has 1 aromatic heterocycles. The van der Waals surface area contributed by atoms with Crippen LogP contribution in [0.25, 0.3) is 0 Å². The van der Waals surface area contributed by atoms with Crippen LogP contribution < -0.4 is 15.5 Å². The molecular weight excluding hydrogens is 238 g/mol. The summed E-state index contributed by atoms with van der Waals surface area (Å²) in [5, 5.41) is 0. The molecule has 0 aliphatic rings. The van der Waals surface area contributed by atoms with Crippen molar-refractivity contribution in [3.05, 3.63) is 12.4 Å². The van der Waals surface area contributed by atoms with E-state index in [1.165, 1.54) is 0 Å². The Hall–Kier alpha value is -1.36. The van der Waals surface area contributed by atoms with Crippen LogP contribution in [0.4, 0.5) is 11.6 Å².